The molecule has 1 unspecified atom stereocenters. The van der Waals surface area contributed by atoms with Crippen LogP contribution in [0, 0.1) is 27.7 Å². The van der Waals surface area contributed by atoms with E-state index in [0.717, 1.165) is 11.1 Å². The Morgan fingerprint density at radius 3 is 1.93 bits per heavy atom. The fourth-order valence-corrected chi connectivity index (χ4v) is 5.40. The number of nitrogens with one attached hydrogen (secondary N) is 2. The standard InChI is InChI=1S/C20H27N3O5S2/c1-12-10-13(2)15(4)19(14(12)3)30(27,28)23-16(5)20(24)22-11-17-6-8-18(9-7-17)29(21,25)26/h6-10,16,23H,11H2,1-5H3,(H,22,24)(H2,21,25,26). The molecule has 0 aliphatic heterocycles. The first-order chi connectivity index (χ1) is 13.7. The van der Waals surface area contributed by atoms with Gasteiger partial charge in [0.2, 0.25) is 26.0 Å². The SMILES string of the molecule is Cc1cc(C)c(C)c(S(=O)(=O)NC(C)C(=O)NCc2ccc(S(N)(=O)=O)cc2)c1C. The van der Waals surface area contributed by atoms with E-state index in [1.165, 1.54) is 31.2 Å². The molecule has 0 saturated heterocycles. The normalized spacial score (nSPS) is 13.1. The molecule has 8 nitrogen and oxygen atoms in total. The zero-order valence-corrected chi connectivity index (χ0v) is 19.2. The number of nitrogens with two attached hydrogens (primary N) is 1. The van der Waals surface area contributed by atoms with Crippen LogP contribution in [0.1, 0.15) is 34.7 Å². The molecule has 1 amide bonds. The number of aryl methyl sites for hydroxylation is 2. The molecule has 1 atom stereocenters. The molecule has 4 N–H and O–H groups in total. The Balaban J connectivity index is 2.10. The summed E-state index contributed by atoms with van der Waals surface area (Å²) in [5, 5.41) is 7.69. The van der Waals surface area contributed by atoms with Crippen LogP contribution in [0.3, 0.4) is 0 Å². The van der Waals surface area contributed by atoms with Crippen molar-refractivity contribution in [3.05, 3.63) is 58.1 Å². The summed E-state index contributed by atoms with van der Waals surface area (Å²) in [6, 6.07) is 6.66. The maximum atomic E-state index is 12.9. The van der Waals surface area contributed by atoms with E-state index in [1.54, 1.807) is 13.8 Å². The lowest BCUT2D eigenvalue weighted by atomic mass is 10.0. The van der Waals surface area contributed by atoms with E-state index in [0.29, 0.717) is 16.7 Å². The van der Waals surface area contributed by atoms with Crippen LogP contribution in [0.2, 0.25) is 0 Å². The Bertz CT molecular complexity index is 1150. The van der Waals surface area contributed by atoms with E-state index in [4.69, 9.17) is 5.14 Å². The Morgan fingerprint density at radius 1 is 0.967 bits per heavy atom. The average molecular weight is 454 g/mol. The van der Waals surface area contributed by atoms with Crippen LogP contribution < -0.4 is 15.2 Å². The third-order valence-corrected chi connectivity index (χ3v) is 7.75. The molecule has 0 bridgehead atoms. The lowest BCUT2D eigenvalue weighted by Crippen LogP contribution is -2.44. The van der Waals surface area contributed by atoms with E-state index in [-0.39, 0.29) is 16.3 Å². The van der Waals surface area contributed by atoms with Crippen LogP contribution in [0.4, 0.5) is 0 Å². The molecular weight excluding hydrogens is 426 g/mol. The average Bonchev–Trinajstić information content (AvgIpc) is 2.63. The van der Waals surface area contributed by atoms with Gasteiger partial charge in [-0.1, -0.05) is 18.2 Å². The molecule has 0 radical (unpaired) electrons. The van der Waals surface area contributed by atoms with Crippen LogP contribution >= 0.6 is 0 Å². The predicted molar refractivity (Wildman–Crippen MR) is 115 cm³/mol. The molecule has 30 heavy (non-hydrogen) atoms. The van der Waals surface area contributed by atoms with Crippen LogP contribution in [0.15, 0.2) is 40.1 Å². The number of primary sulfonamides is 1. The Hall–Kier alpha value is -2.27. The highest BCUT2D eigenvalue weighted by molar-refractivity contribution is 7.89. The van der Waals surface area contributed by atoms with Crippen molar-refractivity contribution in [3.63, 3.8) is 0 Å². The Kier molecular flexibility index (Phi) is 7.08. The van der Waals surface area contributed by atoms with Crippen LogP contribution in [-0.4, -0.2) is 28.8 Å². The summed E-state index contributed by atoms with van der Waals surface area (Å²) in [4.78, 5) is 12.6. The summed E-state index contributed by atoms with van der Waals surface area (Å²) in [6.45, 7) is 8.75. The van der Waals surface area contributed by atoms with E-state index < -0.39 is 32.0 Å². The summed E-state index contributed by atoms with van der Waals surface area (Å²) in [5.41, 5.74) is 3.66. The van der Waals surface area contributed by atoms with Gasteiger partial charge in [0.05, 0.1) is 15.8 Å². The molecule has 2 aromatic rings. The molecule has 0 fully saturated rings. The van der Waals surface area contributed by atoms with Gasteiger partial charge in [0.1, 0.15) is 0 Å². The van der Waals surface area contributed by atoms with Gasteiger partial charge in [0, 0.05) is 6.54 Å². The maximum absolute atomic E-state index is 12.9. The van der Waals surface area contributed by atoms with Gasteiger partial charge in [-0.3, -0.25) is 4.79 Å². The maximum Gasteiger partial charge on any atom is 0.241 e. The third-order valence-electron chi connectivity index (χ3n) is 5.01. The number of carbonyl (C=O) groups excluding carboxylic acids is 1. The van der Waals surface area contributed by atoms with E-state index >= 15 is 0 Å². The molecule has 0 spiro atoms. The molecule has 0 aliphatic carbocycles. The number of amides is 1. The largest absolute Gasteiger partial charge is 0.351 e. The van der Waals surface area contributed by atoms with Crippen molar-refractivity contribution in [1.29, 1.82) is 0 Å². The van der Waals surface area contributed by atoms with E-state index in [9.17, 15) is 21.6 Å². The first kappa shape index (κ1) is 24.0. The van der Waals surface area contributed by atoms with Crippen molar-refractivity contribution in [2.45, 2.75) is 57.0 Å². The highest BCUT2D eigenvalue weighted by atomic mass is 32.2. The van der Waals surface area contributed by atoms with Gasteiger partial charge < -0.3 is 5.32 Å². The summed E-state index contributed by atoms with van der Waals surface area (Å²) >= 11 is 0. The molecule has 0 aromatic heterocycles. The quantitative estimate of drug-likeness (QED) is 0.584. The summed E-state index contributed by atoms with van der Waals surface area (Å²) in [6.07, 6.45) is 0. The first-order valence-corrected chi connectivity index (χ1v) is 12.3. The fourth-order valence-electron chi connectivity index (χ4n) is 3.07. The highest BCUT2D eigenvalue weighted by Crippen LogP contribution is 2.26. The minimum atomic E-state index is -3.91. The zero-order chi connectivity index (χ0) is 22.9. The highest BCUT2D eigenvalue weighted by Gasteiger charge is 2.26. The second kappa shape index (κ2) is 8.84. The summed E-state index contributed by atoms with van der Waals surface area (Å²) in [7, 11) is -7.70. The molecule has 0 heterocycles. The molecule has 10 heteroatoms. The predicted octanol–water partition coefficient (Wildman–Crippen LogP) is 1.55. The van der Waals surface area contributed by atoms with Crippen LogP contribution in [0.5, 0.6) is 0 Å². The molecule has 164 valence electrons. The molecule has 0 saturated carbocycles. The Morgan fingerprint density at radius 2 is 1.47 bits per heavy atom. The number of rotatable bonds is 7. The molecule has 2 aromatic carbocycles. The van der Waals surface area contributed by atoms with Gasteiger partial charge in [0.15, 0.2) is 0 Å². The zero-order valence-electron chi connectivity index (χ0n) is 17.6. The lowest BCUT2D eigenvalue weighted by molar-refractivity contribution is -0.122. The number of carbonyl (C=O) groups is 1. The van der Waals surface area contributed by atoms with Crippen molar-refractivity contribution < 1.29 is 21.6 Å². The van der Waals surface area contributed by atoms with Gasteiger partial charge in [-0.25, -0.2) is 22.0 Å². The van der Waals surface area contributed by atoms with Crippen molar-refractivity contribution in [2.75, 3.05) is 0 Å². The van der Waals surface area contributed by atoms with Gasteiger partial charge in [-0.05, 0) is 74.6 Å². The number of benzene rings is 2. The second-order valence-electron chi connectivity index (χ2n) is 7.34. The number of hydrogen-bond acceptors (Lipinski definition) is 5. The minimum absolute atomic E-state index is 0.0297. The smallest absolute Gasteiger partial charge is 0.241 e. The first-order valence-electron chi connectivity index (χ1n) is 9.23. The number of hydrogen-bond donors (Lipinski definition) is 3. The third kappa shape index (κ3) is 5.45. The van der Waals surface area contributed by atoms with E-state index in [1.807, 2.05) is 19.9 Å². The van der Waals surface area contributed by atoms with E-state index in [2.05, 4.69) is 10.0 Å². The van der Waals surface area contributed by atoms with Crippen molar-refractivity contribution in [2.24, 2.45) is 5.14 Å². The molecule has 2 rings (SSSR count). The molecular formula is C20H27N3O5S2. The Labute approximate surface area is 178 Å². The van der Waals surface area contributed by atoms with Gasteiger partial charge in [-0.2, -0.15) is 4.72 Å². The van der Waals surface area contributed by atoms with Crippen molar-refractivity contribution >= 4 is 26.0 Å². The topological polar surface area (TPSA) is 135 Å². The second-order valence-corrected chi connectivity index (χ2v) is 10.6. The monoisotopic (exact) mass is 453 g/mol. The minimum Gasteiger partial charge on any atom is -0.351 e. The van der Waals surface area contributed by atoms with Crippen molar-refractivity contribution in [1.82, 2.24) is 10.0 Å². The van der Waals surface area contributed by atoms with Gasteiger partial charge in [0.25, 0.3) is 0 Å². The van der Waals surface area contributed by atoms with Gasteiger partial charge in [-0.15, -0.1) is 0 Å². The lowest BCUT2D eigenvalue weighted by Gasteiger charge is -2.19. The summed E-state index contributed by atoms with van der Waals surface area (Å²) in [5.74, 6) is -0.506. The molecule has 0 aliphatic rings. The summed E-state index contributed by atoms with van der Waals surface area (Å²) < 4.78 is 50.9. The van der Waals surface area contributed by atoms with Gasteiger partial charge >= 0.3 is 0 Å². The van der Waals surface area contributed by atoms with Crippen LogP contribution in [0.25, 0.3) is 0 Å². The van der Waals surface area contributed by atoms with Crippen molar-refractivity contribution in [3.8, 4) is 0 Å². The van der Waals surface area contributed by atoms with Crippen LogP contribution in [-0.2, 0) is 31.4 Å². The fraction of sp³-hybridized carbons (Fsp3) is 0.350. The number of sulfonamides is 2.